The molecule has 0 radical (unpaired) electrons. The van der Waals surface area contributed by atoms with Crippen LogP contribution in [0.4, 0.5) is 0 Å². The molecule has 0 aliphatic heterocycles. The highest BCUT2D eigenvalue weighted by molar-refractivity contribution is 5.91. The van der Waals surface area contributed by atoms with Crippen molar-refractivity contribution in [1.82, 2.24) is 0 Å². The predicted molar refractivity (Wildman–Crippen MR) is 48.8 cm³/mol. The summed E-state index contributed by atoms with van der Waals surface area (Å²) in [6.45, 7) is 6.49. The van der Waals surface area contributed by atoms with E-state index >= 15 is 0 Å². The van der Waals surface area contributed by atoms with Crippen LogP contribution in [0.5, 0.6) is 0 Å². The zero-order valence-corrected chi connectivity index (χ0v) is 8.11. The fourth-order valence-electron chi connectivity index (χ4n) is 2.81. The lowest BCUT2D eigenvalue weighted by Crippen LogP contribution is -2.34. The molecule has 1 nitrogen and oxygen atoms in total. The first kappa shape index (κ1) is 8.03. The lowest BCUT2D eigenvalue weighted by Gasteiger charge is -2.34. The standard InChI is InChI=1S/C11H16O/c1-8-4-6-10(2)7-5-9(12)11(8,10)3/h4H,5-7H2,1-3H3/t10-,11+/m1/s1. The molecule has 0 unspecified atom stereocenters. The Morgan fingerprint density at radius 2 is 2.08 bits per heavy atom. The van der Waals surface area contributed by atoms with Crippen molar-refractivity contribution >= 4 is 5.78 Å². The van der Waals surface area contributed by atoms with Crippen LogP contribution in [0.2, 0.25) is 0 Å². The van der Waals surface area contributed by atoms with Gasteiger partial charge in [0.1, 0.15) is 5.78 Å². The van der Waals surface area contributed by atoms with Gasteiger partial charge in [0.2, 0.25) is 0 Å². The van der Waals surface area contributed by atoms with Gasteiger partial charge in [-0.25, -0.2) is 0 Å². The van der Waals surface area contributed by atoms with Crippen LogP contribution in [0.3, 0.4) is 0 Å². The maximum Gasteiger partial charge on any atom is 0.143 e. The largest absolute Gasteiger partial charge is 0.299 e. The molecule has 0 amide bonds. The van der Waals surface area contributed by atoms with Gasteiger partial charge in [-0.3, -0.25) is 4.79 Å². The van der Waals surface area contributed by atoms with E-state index in [-0.39, 0.29) is 10.8 Å². The summed E-state index contributed by atoms with van der Waals surface area (Å²) in [5, 5.41) is 0. The molecule has 0 heterocycles. The molecule has 12 heavy (non-hydrogen) atoms. The van der Waals surface area contributed by atoms with Crippen LogP contribution in [0.15, 0.2) is 11.6 Å². The van der Waals surface area contributed by atoms with Crippen molar-refractivity contribution in [3.05, 3.63) is 11.6 Å². The number of carbonyl (C=O) groups excluding carboxylic acids is 1. The Bertz CT molecular complexity index is 277. The Hall–Kier alpha value is -0.590. The zero-order chi connectivity index (χ0) is 8.98. The normalized spacial score (nSPS) is 46.2. The van der Waals surface area contributed by atoms with E-state index in [9.17, 15) is 4.79 Å². The number of rotatable bonds is 0. The van der Waals surface area contributed by atoms with Crippen molar-refractivity contribution in [2.24, 2.45) is 10.8 Å². The van der Waals surface area contributed by atoms with Gasteiger partial charge in [0.05, 0.1) is 5.41 Å². The maximum atomic E-state index is 11.8. The topological polar surface area (TPSA) is 17.1 Å². The second kappa shape index (κ2) is 2.01. The first-order valence-electron chi connectivity index (χ1n) is 4.71. The Morgan fingerprint density at radius 1 is 1.42 bits per heavy atom. The molecule has 0 aromatic carbocycles. The Balaban J connectivity index is 2.52. The van der Waals surface area contributed by atoms with Crippen molar-refractivity contribution in [2.75, 3.05) is 0 Å². The molecule has 0 bridgehead atoms. The molecule has 0 saturated heterocycles. The van der Waals surface area contributed by atoms with Gasteiger partial charge >= 0.3 is 0 Å². The van der Waals surface area contributed by atoms with Crippen LogP contribution in [0.25, 0.3) is 0 Å². The van der Waals surface area contributed by atoms with E-state index in [4.69, 9.17) is 0 Å². The predicted octanol–water partition coefficient (Wildman–Crippen LogP) is 2.71. The molecule has 1 heteroatoms. The van der Waals surface area contributed by atoms with Crippen LogP contribution in [0, 0.1) is 10.8 Å². The minimum atomic E-state index is -0.118. The van der Waals surface area contributed by atoms with E-state index in [1.165, 1.54) is 5.57 Å². The average Bonchev–Trinajstić information content (AvgIpc) is 2.39. The molecule has 2 rings (SSSR count). The second-order valence-corrected chi connectivity index (χ2v) is 4.70. The van der Waals surface area contributed by atoms with Crippen LogP contribution in [-0.2, 0) is 4.79 Å². The monoisotopic (exact) mass is 164 g/mol. The van der Waals surface area contributed by atoms with E-state index in [0.29, 0.717) is 5.78 Å². The molecule has 1 fully saturated rings. The Kier molecular flexibility index (Phi) is 1.35. The van der Waals surface area contributed by atoms with Gasteiger partial charge in [0.25, 0.3) is 0 Å². The van der Waals surface area contributed by atoms with E-state index in [1.54, 1.807) is 0 Å². The van der Waals surface area contributed by atoms with E-state index < -0.39 is 0 Å². The summed E-state index contributed by atoms with van der Waals surface area (Å²) in [5.74, 6) is 0.455. The highest BCUT2D eigenvalue weighted by Crippen LogP contribution is 2.60. The number of Topliss-reactive ketones (excluding diaryl/α,β-unsaturated/α-hetero) is 1. The van der Waals surface area contributed by atoms with Crippen molar-refractivity contribution in [3.63, 3.8) is 0 Å². The number of carbonyl (C=O) groups is 1. The quantitative estimate of drug-likeness (QED) is 0.503. The summed E-state index contributed by atoms with van der Waals surface area (Å²) in [7, 11) is 0. The van der Waals surface area contributed by atoms with E-state index in [1.807, 2.05) is 0 Å². The molecule has 0 aromatic heterocycles. The van der Waals surface area contributed by atoms with Gasteiger partial charge in [-0.1, -0.05) is 18.6 Å². The minimum absolute atomic E-state index is 0.118. The van der Waals surface area contributed by atoms with Crippen molar-refractivity contribution < 1.29 is 4.79 Å². The molecular formula is C11H16O. The highest BCUT2D eigenvalue weighted by atomic mass is 16.1. The van der Waals surface area contributed by atoms with Gasteiger partial charge in [0.15, 0.2) is 0 Å². The molecule has 66 valence electrons. The number of hydrogen-bond acceptors (Lipinski definition) is 1. The summed E-state index contributed by atoms with van der Waals surface area (Å²) in [6, 6.07) is 0. The smallest absolute Gasteiger partial charge is 0.143 e. The van der Waals surface area contributed by atoms with Crippen molar-refractivity contribution in [3.8, 4) is 0 Å². The molecule has 2 aliphatic carbocycles. The zero-order valence-electron chi connectivity index (χ0n) is 8.11. The van der Waals surface area contributed by atoms with Gasteiger partial charge in [0, 0.05) is 6.42 Å². The van der Waals surface area contributed by atoms with Gasteiger partial charge < -0.3 is 0 Å². The van der Waals surface area contributed by atoms with E-state index in [2.05, 4.69) is 26.8 Å². The van der Waals surface area contributed by atoms with Gasteiger partial charge in [-0.15, -0.1) is 0 Å². The first-order valence-corrected chi connectivity index (χ1v) is 4.71. The number of hydrogen-bond donors (Lipinski definition) is 0. The third kappa shape index (κ3) is 0.634. The molecule has 0 aromatic rings. The second-order valence-electron chi connectivity index (χ2n) is 4.70. The van der Waals surface area contributed by atoms with Gasteiger partial charge in [-0.05, 0) is 32.1 Å². The van der Waals surface area contributed by atoms with Crippen LogP contribution < -0.4 is 0 Å². The van der Waals surface area contributed by atoms with E-state index in [0.717, 1.165) is 19.3 Å². The highest BCUT2D eigenvalue weighted by Gasteiger charge is 2.57. The van der Waals surface area contributed by atoms with Crippen molar-refractivity contribution in [1.29, 1.82) is 0 Å². The Labute approximate surface area is 73.8 Å². The lowest BCUT2D eigenvalue weighted by molar-refractivity contribution is -0.125. The fraction of sp³-hybridized carbons (Fsp3) is 0.727. The summed E-state index contributed by atoms with van der Waals surface area (Å²) < 4.78 is 0. The lowest BCUT2D eigenvalue weighted by atomic mass is 9.67. The molecule has 1 saturated carbocycles. The SMILES string of the molecule is CC1=CC[C@]2(C)CCC(=O)[C@]12C. The minimum Gasteiger partial charge on any atom is -0.299 e. The molecule has 2 aliphatic rings. The summed E-state index contributed by atoms with van der Waals surface area (Å²) in [6.07, 6.45) is 5.21. The summed E-state index contributed by atoms with van der Waals surface area (Å²) in [4.78, 5) is 11.8. The molecule has 0 spiro atoms. The number of allylic oxidation sites excluding steroid dienone is 2. The molecule has 0 N–H and O–H groups in total. The summed E-state index contributed by atoms with van der Waals surface area (Å²) in [5.41, 5.74) is 1.42. The average molecular weight is 164 g/mol. The fourth-order valence-corrected chi connectivity index (χ4v) is 2.81. The third-order valence-electron chi connectivity index (χ3n) is 4.32. The number of fused-ring (bicyclic) bond motifs is 1. The molecular weight excluding hydrogens is 148 g/mol. The third-order valence-corrected chi connectivity index (χ3v) is 4.32. The van der Waals surface area contributed by atoms with Crippen LogP contribution in [0.1, 0.15) is 40.0 Å². The Morgan fingerprint density at radius 3 is 2.67 bits per heavy atom. The first-order chi connectivity index (χ1) is 5.51. The van der Waals surface area contributed by atoms with Crippen LogP contribution >= 0.6 is 0 Å². The number of ketones is 1. The summed E-state index contributed by atoms with van der Waals surface area (Å²) >= 11 is 0. The van der Waals surface area contributed by atoms with Crippen LogP contribution in [-0.4, -0.2) is 5.78 Å². The molecule has 2 atom stereocenters. The van der Waals surface area contributed by atoms with Crippen molar-refractivity contribution in [2.45, 2.75) is 40.0 Å². The van der Waals surface area contributed by atoms with Gasteiger partial charge in [-0.2, -0.15) is 0 Å². The maximum absolute atomic E-state index is 11.8.